The molecule has 0 bridgehead atoms. The van der Waals surface area contributed by atoms with Crippen molar-refractivity contribution in [2.45, 2.75) is 180 Å². The number of rotatable bonds is 35. The van der Waals surface area contributed by atoms with Crippen molar-refractivity contribution in [3.8, 4) is 0 Å². The zero-order valence-corrected chi connectivity index (χ0v) is 30.6. The Morgan fingerprint density at radius 3 is 1.21 bits per heavy atom. The van der Waals surface area contributed by atoms with Crippen LogP contribution in [0.2, 0.25) is 0 Å². The standard InChI is InChI=1S/C36H69O10P/c1-3-5-7-9-10-11-12-13-14-15-16-17-18-19-20-21-22-24-26-28-36(40)46-34(30-38)32-44-47(41,42)43-31-33(29-37)45-35(39)27-25-23-8-6-4-2/h13-14,33-34,37-38H,3-12,15-32H2,1-2H3,(H,41,42)/b14-13-. The molecule has 3 atom stereocenters. The Morgan fingerprint density at radius 1 is 0.553 bits per heavy atom. The van der Waals surface area contributed by atoms with Crippen LogP contribution in [0, 0.1) is 0 Å². The van der Waals surface area contributed by atoms with Crippen molar-refractivity contribution in [3.05, 3.63) is 12.2 Å². The lowest BCUT2D eigenvalue weighted by Crippen LogP contribution is -2.28. The molecule has 0 saturated carbocycles. The van der Waals surface area contributed by atoms with Gasteiger partial charge in [0.15, 0.2) is 0 Å². The molecular formula is C36H69O10P. The van der Waals surface area contributed by atoms with E-state index in [0.29, 0.717) is 12.8 Å². The maximum atomic E-state index is 12.2. The zero-order chi connectivity index (χ0) is 34.9. The average molecular weight is 693 g/mol. The van der Waals surface area contributed by atoms with E-state index >= 15 is 0 Å². The van der Waals surface area contributed by atoms with E-state index in [1.54, 1.807) is 0 Å². The molecule has 0 spiro atoms. The van der Waals surface area contributed by atoms with E-state index in [4.69, 9.17) is 18.5 Å². The van der Waals surface area contributed by atoms with Crippen molar-refractivity contribution in [1.29, 1.82) is 0 Å². The number of esters is 2. The van der Waals surface area contributed by atoms with Crippen LogP contribution in [0.15, 0.2) is 12.2 Å². The quantitative estimate of drug-likeness (QED) is 0.0254. The molecule has 0 aliphatic heterocycles. The molecule has 10 nitrogen and oxygen atoms in total. The molecule has 47 heavy (non-hydrogen) atoms. The number of aliphatic hydroxyl groups is 2. The summed E-state index contributed by atoms with van der Waals surface area (Å²) in [5.41, 5.74) is 0. The predicted molar refractivity (Wildman–Crippen MR) is 187 cm³/mol. The summed E-state index contributed by atoms with van der Waals surface area (Å²) in [7, 11) is -4.61. The highest BCUT2D eigenvalue weighted by molar-refractivity contribution is 7.47. The summed E-state index contributed by atoms with van der Waals surface area (Å²) in [5, 5.41) is 18.9. The molecule has 11 heteroatoms. The Labute approximate surface area is 286 Å². The molecule has 0 saturated heterocycles. The second-order valence-electron chi connectivity index (χ2n) is 12.6. The summed E-state index contributed by atoms with van der Waals surface area (Å²) >= 11 is 0. The summed E-state index contributed by atoms with van der Waals surface area (Å²) in [6.07, 6.45) is 28.2. The van der Waals surface area contributed by atoms with Crippen LogP contribution in [0.5, 0.6) is 0 Å². The third kappa shape index (κ3) is 31.7. The summed E-state index contributed by atoms with van der Waals surface area (Å²) in [6.45, 7) is 2.08. The molecule has 0 rings (SSSR count). The molecule has 0 aliphatic rings. The Bertz CT molecular complexity index is 807. The van der Waals surface area contributed by atoms with E-state index in [9.17, 15) is 29.3 Å². The lowest BCUT2D eigenvalue weighted by atomic mass is 10.1. The van der Waals surface area contributed by atoms with E-state index < -0.39 is 58.4 Å². The summed E-state index contributed by atoms with van der Waals surface area (Å²) in [5.74, 6) is -1.03. The Morgan fingerprint density at radius 2 is 0.872 bits per heavy atom. The number of unbranched alkanes of at least 4 members (excludes halogenated alkanes) is 19. The topological polar surface area (TPSA) is 149 Å². The van der Waals surface area contributed by atoms with Crippen LogP contribution in [-0.4, -0.2) is 65.7 Å². The molecule has 0 heterocycles. The van der Waals surface area contributed by atoms with Crippen molar-refractivity contribution >= 4 is 19.8 Å². The second-order valence-corrected chi connectivity index (χ2v) is 14.0. The van der Waals surface area contributed by atoms with Crippen LogP contribution < -0.4 is 0 Å². The van der Waals surface area contributed by atoms with Gasteiger partial charge in [0, 0.05) is 12.8 Å². The number of hydrogen-bond donors (Lipinski definition) is 3. The van der Waals surface area contributed by atoms with Gasteiger partial charge < -0.3 is 24.6 Å². The van der Waals surface area contributed by atoms with Gasteiger partial charge in [-0.1, -0.05) is 129 Å². The van der Waals surface area contributed by atoms with Crippen molar-refractivity contribution in [1.82, 2.24) is 0 Å². The van der Waals surface area contributed by atoms with Crippen molar-refractivity contribution < 1.29 is 47.8 Å². The van der Waals surface area contributed by atoms with Crippen molar-refractivity contribution in [2.24, 2.45) is 0 Å². The maximum Gasteiger partial charge on any atom is 0.472 e. The van der Waals surface area contributed by atoms with Gasteiger partial charge in [0.05, 0.1) is 26.4 Å². The van der Waals surface area contributed by atoms with Crippen LogP contribution in [-0.2, 0) is 32.7 Å². The van der Waals surface area contributed by atoms with Crippen LogP contribution in [0.4, 0.5) is 0 Å². The van der Waals surface area contributed by atoms with Crippen molar-refractivity contribution in [2.75, 3.05) is 26.4 Å². The van der Waals surface area contributed by atoms with E-state index in [1.807, 2.05) is 0 Å². The molecule has 0 aliphatic carbocycles. The van der Waals surface area contributed by atoms with Gasteiger partial charge in [-0.05, 0) is 38.5 Å². The molecule has 3 unspecified atom stereocenters. The molecule has 0 aromatic heterocycles. The number of carbonyl (C=O) groups excluding carboxylic acids is 2. The molecule has 278 valence electrons. The SMILES string of the molecule is CCCCCCCC/C=C\CCCCCCCCCCCC(=O)OC(CO)COP(=O)(O)OCC(CO)OC(=O)CCCCCCC. The number of carbonyl (C=O) groups is 2. The van der Waals surface area contributed by atoms with Crippen molar-refractivity contribution in [3.63, 3.8) is 0 Å². The summed E-state index contributed by atoms with van der Waals surface area (Å²) in [4.78, 5) is 34.0. The van der Waals surface area contributed by atoms with Gasteiger partial charge in [0.1, 0.15) is 12.2 Å². The van der Waals surface area contributed by atoms with Crippen LogP contribution in [0.3, 0.4) is 0 Å². The van der Waals surface area contributed by atoms with E-state index in [0.717, 1.165) is 44.9 Å². The fourth-order valence-corrected chi connectivity index (χ4v) is 5.83. The number of phosphoric acid groups is 1. The molecule has 0 radical (unpaired) electrons. The van der Waals surface area contributed by atoms with Crippen LogP contribution in [0.25, 0.3) is 0 Å². The number of hydrogen-bond acceptors (Lipinski definition) is 9. The maximum absolute atomic E-state index is 12.2. The smallest absolute Gasteiger partial charge is 0.457 e. The molecule has 0 fully saturated rings. The fraction of sp³-hybridized carbons (Fsp3) is 0.889. The lowest BCUT2D eigenvalue weighted by molar-refractivity contribution is -0.153. The number of phosphoric ester groups is 1. The van der Waals surface area contributed by atoms with E-state index in [-0.39, 0.29) is 12.8 Å². The third-order valence-electron chi connectivity index (χ3n) is 7.98. The third-order valence-corrected chi connectivity index (χ3v) is 8.93. The zero-order valence-electron chi connectivity index (χ0n) is 29.8. The van der Waals surface area contributed by atoms with E-state index in [1.165, 1.54) is 83.5 Å². The minimum Gasteiger partial charge on any atom is -0.457 e. The largest absolute Gasteiger partial charge is 0.472 e. The first-order valence-electron chi connectivity index (χ1n) is 18.6. The van der Waals surface area contributed by atoms with Gasteiger partial charge in [-0.15, -0.1) is 0 Å². The summed E-state index contributed by atoms with van der Waals surface area (Å²) in [6, 6.07) is 0. The molecule has 0 amide bonds. The monoisotopic (exact) mass is 692 g/mol. The van der Waals surface area contributed by atoms with Gasteiger partial charge in [-0.25, -0.2) is 4.57 Å². The fourth-order valence-electron chi connectivity index (χ4n) is 5.05. The molecule has 3 N–H and O–H groups in total. The van der Waals surface area contributed by atoms with Crippen LogP contribution >= 0.6 is 7.82 Å². The molecule has 0 aromatic carbocycles. The highest BCUT2D eigenvalue weighted by Crippen LogP contribution is 2.43. The highest BCUT2D eigenvalue weighted by Gasteiger charge is 2.27. The number of allylic oxidation sites excluding steroid dienone is 2. The lowest BCUT2D eigenvalue weighted by Gasteiger charge is -2.20. The van der Waals surface area contributed by atoms with Gasteiger partial charge in [-0.3, -0.25) is 18.6 Å². The van der Waals surface area contributed by atoms with Gasteiger partial charge in [0.2, 0.25) is 0 Å². The molecular weight excluding hydrogens is 623 g/mol. The minimum atomic E-state index is -4.61. The number of aliphatic hydroxyl groups excluding tert-OH is 2. The minimum absolute atomic E-state index is 0.189. The van der Waals surface area contributed by atoms with Gasteiger partial charge >= 0.3 is 19.8 Å². The Hall–Kier alpha value is -1.29. The first kappa shape index (κ1) is 45.7. The Balaban J connectivity index is 3.87. The summed E-state index contributed by atoms with van der Waals surface area (Å²) < 4.78 is 32.2. The average Bonchev–Trinajstić information content (AvgIpc) is 3.05. The number of ether oxygens (including phenoxy) is 2. The Kier molecular flexibility index (Phi) is 32.3. The van der Waals surface area contributed by atoms with E-state index in [2.05, 4.69) is 26.0 Å². The predicted octanol–water partition coefficient (Wildman–Crippen LogP) is 8.89. The molecule has 0 aromatic rings. The highest BCUT2D eigenvalue weighted by atomic mass is 31.2. The first-order valence-corrected chi connectivity index (χ1v) is 20.1. The van der Waals surface area contributed by atoms with Gasteiger partial charge in [-0.2, -0.15) is 0 Å². The second kappa shape index (κ2) is 33.2. The van der Waals surface area contributed by atoms with Crippen LogP contribution in [0.1, 0.15) is 168 Å². The first-order chi connectivity index (χ1) is 22.8. The normalized spacial score (nSPS) is 14.2. The van der Waals surface area contributed by atoms with Gasteiger partial charge in [0.25, 0.3) is 0 Å².